The quantitative estimate of drug-likeness (QED) is 0.547. The number of fused-ring (bicyclic) bond motifs is 1. The highest BCUT2D eigenvalue weighted by Gasteiger charge is 2.22. The van der Waals surface area contributed by atoms with Crippen LogP contribution in [-0.2, 0) is 0 Å². The van der Waals surface area contributed by atoms with Crippen molar-refractivity contribution in [1.29, 1.82) is 0 Å². The summed E-state index contributed by atoms with van der Waals surface area (Å²) in [7, 11) is 1.58. The summed E-state index contributed by atoms with van der Waals surface area (Å²) in [6.07, 6.45) is -1.04. The van der Waals surface area contributed by atoms with Gasteiger partial charge >= 0.3 is 6.09 Å². The van der Waals surface area contributed by atoms with Crippen molar-refractivity contribution < 1.29 is 14.6 Å². The van der Waals surface area contributed by atoms with Gasteiger partial charge in [-0.15, -0.1) is 11.3 Å². The monoisotopic (exact) mass is 455 g/mol. The molecule has 0 radical (unpaired) electrons. The van der Waals surface area contributed by atoms with Crippen molar-refractivity contribution in [2.75, 3.05) is 12.0 Å². The van der Waals surface area contributed by atoms with Crippen LogP contribution >= 0.6 is 38.9 Å². The van der Waals surface area contributed by atoms with E-state index in [1.165, 1.54) is 16.2 Å². The van der Waals surface area contributed by atoms with Gasteiger partial charge in [-0.25, -0.2) is 14.8 Å². The van der Waals surface area contributed by atoms with Gasteiger partial charge in [0.05, 0.1) is 27.8 Å². The number of aromatic nitrogens is 2. The Labute approximate surface area is 167 Å². The highest BCUT2D eigenvalue weighted by Crippen LogP contribution is 2.37. The van der Waals surface area contributed by atoms with E-state index in [2.05, 4.69) is 25.9 Å². The van der Waals surface area contributed by atoms with Crippen LogP contribution in [0.5, 0.6) is 5.75 Å². The molecule has 0 aliphatic heterocycles. The Kier molecular flexibility index (Phi) is 5.36. The van der Waals surface area contributed by atoms with Crippen LogP contribution in [0.3, 0.4) is 0 Å². The van der Waals surface area contributed by atoms with Crippen molar-refractivity contribution in [3.63, 3.8) is 0 Å². The Morgan fingerprint density at radius 3 is 2.69 bits per heavy atom. The molecule has 0 aliphatic rings. The zero-order valence-electron chi connectivity index (χ0n) is 14.2. The number of halogens is 2. The Morgan fingerprint density at radius 2 is 2.08 bits per heavy atom. The minimum atomic E-state index is -1.04. The predicted octanol–water partition coefficient (Wildman–Crippen LogP) is 5.68. The van der Waals surface area contributed by atoms with E-state index in [4.69, 9.17) is 16.3 Å². The number of amides is 1. The predicted molar refractivity (Wildman–Crippen MR) is 108 cm³/mol. The summed E-state index contributed by atoms with van der Waals surface area (Å²) in [5.74, 6) is 0.647. The summed E-state index contributed by atoms with van der Waals surface area (Å²) in [5.41, 5.74) is 1.78. The van der Waals surface area contributed by atoms with Gasteiger partial charge in [-0.3, -0.25) is 4.90 Å². The molecule has 0 fully saturated rings. The molecule has 0 saturated carbocycles. The lowest BCUT2D eigenvalue weighted by Gasteiger charge is -2.19. The largest absolute Gasteiger partial charge is 0.495 e. The summed E-state index contributed by atoms with van der Waals surface area (Å²) in [6, 6.07) is 5.16. The molecule has 6 nitrogen and oxygen atoms in total. The molecule has 1 N–H and O–H groups in total. The van der Waals surface area contributed by atoms with Gasteiger partial charge in [0, 0.05) is 16.8 Å². The summed E-state index contributed by atoms with van der Waals surface area (Å²) >= 11 is 11.2. The van der Waals surface area contributed by atoms with Crippen LogP contribution in [0.15, 0.2) is 28.1 Å². The first kappa shape index (κ1) is 18.9. The lowest BCUT2D eigenvalue weighted by atomic mass is 10.1. The van der Waals surface area contributed by atoms with Gasteiger partial charge in [-0.2, -0.15) is 0 Å². The Hall–Kier alpha value is -1.90. The topological polar surface area (TPSA) is 75.5 Å². The van der Waals surface area contributed by atoms with Crippen LogP contribution in [0.2, 0.25) is 5.02 Å². The first-order valence-electron chi connectivity index (χ1n) is 7.64. The minimum absolute atomic E-state index is 0.224. The van der Waals surface area contributed by atoms with Crippen molar-refractivity contribution in [3.8, 4) is 17.1 Å². The fourth-order valence-electron chi connectivity index (χ4n) is 2.50. The van der Waals surface area contributed by atoms with Crippen LogP contribution in [-0.4, -0.2) is 34.3 Å². The summed E-state index contributed by atoms with van der Waals surface area (Å²) in [4.78, 5) is 21.8. The first-order valence-corrected chi connectivity index (χ1v) is 9.69. The third kappa shape index (κ3) is 3.36. The molecular weight excluding hydrogens is 442 g/mol. The average Bonchev–Trinajstić information content (AvgIpc) is 3.04. The number of hydrogen-bond acceptors (Lipinski definition) is 5. The first-order chi connectivity index (χ1) is 12.3. The van der Waals surface area contributed by atoms with Crippen molar-refractivity contribution in [2.24, 2.45) is 0 Å². The molecule has 0 saturated heterocycles. The molecule has 1 aromatic carbocycles. The highest BCUT2D eigenvalue weighted by atomic mass is 79.9. The molecule has 0 atom stereocenters. The molecule has 26 heavy (non-hydrogen) atoms. The van der Waals surface area contributed by atoms with Crippen LogP contribution in [0.4, 0.5) is 9.93 Å². The second-order valence-corrected chi connectivity index (χ2v) is 7.77. The zero-order valence-corrected chi connectivity index (χ0v) is 17.3. The van der Waals surface area contributed by atoms with Crippen LogP contribution in [0.25, 0.3) is 22.3 Å². The molecule has 1 amide bonds. The standard InChI is InChI=1S/C17H15BrClN3O3S/c1-8(2)22(17(23)24)16-21-12(7-26-16)11-6-10(19)9-4-5-13(25-3)14(18)15(9)20-11/h4-8H,1-3H3,(H,23,24). The Bertz CT molecular complexity index is 993. The van der Waals surface area contributed by atoms with Crippen molar-refractivity contribution in [2.45, 2.75) is 19.9 Å². The summed E-state index contributed by atoms with van der Waals surface area (Å²) in [5, 5.41) is 12.9. The fraction of sp³-hybridized carbons (Fsp3) is 0.235. The van der Waals surface area contributed by atoms with Gasteiger partial charge in [-0.05, 0) is 48.0 Å². The van der Waals surface area contributed by atoms with E-state index >= 15 is 0 Å². The normalized spacial score (nSPS) is 11.2. The van der Waals surface area contributed by atoms with E-state index in [-0.39, 0.29) is 6.04 Å². The maximum absolute atomic E-state index is 11.5. The number of pyridine rings is 1. The van der Waals surface area contributed by atoms with Crippen LogP contribution in [0.1, 0.15) is 13.8 Å². The number of nitrogens with zero attached hydrogens (tertiary/aromatic N) is 3. The minimum Gasteiger partial charge on any atom is -0.495 e. The number of hydrogen-bond donors (Lipinski definition) is 1. The maximum atomic E-state index is 11.5. The van der Waals surface area contributed by atoms with Gasteiger partial charge in [0.2, 0.25) is 0 Å². The Balaban J connectivity index is 2.12. The number of anilines is 1. The van der Waals surface area contributed by atoms with E-state index < -0.39 is 6.09 Å². The molecule has 0 aliphatic carbocycles. The molecule has 0 unspecified atom stereocenters. The molecule has 3 rings (SSSR count). The van der Waals surface area contributed by atoms with Gasteiger partial charge < -0.3 is 9.84 Å². The van der Waals surface area contributed by atoms with Gasteiger partial charge in [0.1, 0.15) is 11.4 Å². The summed E-state index contributed by atoms with van der Waals surface area (Å²) in [6.45, 7) is 3.59. The summed E-state index contributed by atoms with van der Waals surface area (Å²) < 4.78 is 6.01. The van der Waals surface area contributed by atoms with Crippen molar-refractivity contribution >= 4 is 61.0 Å². The molecule has 9 heteroatoms. The number of methoxy groups -OCH3 is 1. The fourth-order valence-corrected chi connectivity index (χ4v) is 4.30. The lowest BCUT2D eigenvalue weighted by molar-refractivity contribution is 0.200. The van der Waals surface area contributed by atoms with E-state index in [0.717, 1.165) is 5.39 Å². The number of carbonyl (C=O) groups is 1. The lowest BCUT2D eigenvalue weighted by Crippen LogP contribution is -2.35. The second kappa shape index (κ2) is 7.38. The van der Waals surface area contributed by atoms with Crippen molar-refractivity contribution in [1.82, 2.24) is 9.97 Å². The number of thiazole rings is 1. The molecule has 0 spiro atoms. The van der Waals surface area contributed by atoms with Gasteiger partial charge in [0.15, 0.2) is 5.13 Å². The van der Waals surface area contributed by atoms with E-state index in [0.29, 0.717) is 37.3 Å². The molecule has 2 aromatic heterocycles. The van der Waals surface area contributed by atoms with Crippen LogP contribution in [0, 0.1) is 0 Å². The zero-order chi connectivity index (χ0) is 19.0. The second-order valence-electron chi connectivity index (χ2n) is 5.73. The molecule has 2 heterocycles. The van der Waals surface area contributed by atoms with Gasteiger partial charge in [-0.1, -0.05) is 11.6 Å². The number of rotatable bonds is 4. The van der Waals surface area contributed by atoms with Crippen LogP contribution < -0.4 is 9.64 Å². The third-order valence-corrected chi connectivity index (χ3v) is 5.66. The third-order valence-electron chi connectivity index (χ3n) is 3.74. The number of ether oxygens (including phenoxy) is 1. The SMILES string of the molecule is COc1ccc2c(Cl)cc(-c3csc(N(C(=O)O)C(C)C)n3)nc2c1Br. The van der Waals surface area contributed by atoms with Crippen molar-refractivity contribution in [3.05, 3.63) is 33.1 Å². The number of benzene rings is 1. The van der Waals surface area contributed by atoms with Gasteiger partial charge in [0.25, 0.3) is 0 Å². The molecule has 0 bridgehead atoms. The molecule has 3 aromatic rings. The number of carboxylic acid groups (broad SMARTS) is 1. The smallest absolute Gasteiger partial charge is 0.413 e. The van der Waals surface area contributed by atoms with E-state index in [1.54, 1.807) is 32.4 Å². The maximum Gasteiger partial charge on any atom is 0.413 e. The van der Waals surface area contributed by atoms with E-state index in [1.807, 2.05) is 12.1 Å². The highest BCUT2D eigenvalue weighted by molar-refractivity contribution is 9.10. The average molecular weight is 457 g/mol. The molecule has 136 valence electrons. The van der Waals surface area contributed by atoms with E-state index in [9.17, 15) is 9.90 Å². The Morgan fingerprint density at radius 1 is 1.35 bits per heavy atom. The molecular formula is C17H15BrClN3O3S.